The van der Waals surface area contributed by atoms with Crippen LogP contribution in [0.1, 0.15) is 27.0 Å². The molecule has 0 spiro atoms. The molecule has 0 radical (unpaired) electrons. The first kappa shape index (κ1) is 17.7. The summed E-state index contributed by atoms with van der Waals surface area (Å²) in [6.45, 7) is 0.965. The zero-order valence-corrected chi connectivity index (χ0v) is 15.0. The Balaban J connectivity index is 1.67. The predicted octanol–water partition coefficient (Wildman–Crippen LogP) is 3.73. The Morgan fingerprint density at radius 1 is 1.23 bits per heavy atom. The smallest absolute Gasteiger partial charge is 0.257 e. The van der Waals surface area contributed by atoms with Crippen LogP contribution in [0.25, 0.3) is 0 Å². The number of nitriles is 1. The van der Waals surface area contributed by atoms with Crippen molar-refractivity contribution in [3.05, 3.63) is 88.2 Å². The zero-order valence-electron chi connectivity index (χ0n) is 14.3. The molecule has 0 fully saturated rings. The Hall–Kier alpha value is -3.10. The van der Waals surface area contributed by atoms with E-state index in [0.29, 0.717) is 29.2 Å². The quantitative estimate of drug-likeness (QED) is 0.693. The number of amides is 1. The highest BCUT2D eigenvalue weighted by atomic mass is 35.5. The average Bonchev–Trinajstić information content (AvgIpc) is 3.12. The van der Waals surface area contributed by atoms with Crippen molar-refractivity contribution < 1.29 is 4.79 Å². The van der Waals surface area contributed by atoms with E-state index in [-0.39, 0.29) is 5.91 Å². The standard InChI is InChI=1S/C20H17ClN4O/c1-24(12-16-8-6-15(10-22)7-9-16)20(26)18-11-23-25(14-18)13-17-4-2-3-5-19(17)21/h2-9,11,14H,12-13H2,1H3. The van der Waals surface area contributed by atoms with E-state index in [9.17, 15) is 4.79 Å². The van der Waals surface area contributed by atoms with Crippen LogP contribution in [-0.2, 0) is 13.1 Å². The number of nitrogens with zero attached hydrogens (tertiary/aromatic N) is 4. The molecule has 0 saturated heterocycles. The van der Waals surface area contributed by atoms with Crippen LogP contribution in [0.3, 0.4) is 0 Å². The molecule has 1 heterocycles. The van der Waals surface area contributed by atoms with E-state index in [4.69, 9.17) is 16.9 Å². The summed E-state index contributed by atoms with van der Waals surface area (Å²) in [6, 6.07) is 16.8. The summed E-state index contributed by atoms with van der Waals surface area (Å²) >= 11 is 6.17. The van der Waals surface area contributed by atoms with Gasteiger partial charge in [0.2, 0.25) is 0 Å². The molecule has 5 nitrogen and oxygen atoms in total. The number of aromatic nitrogens is 2. The van der Waals surface area contributed by atoms with Crippen LogP contribution in [0.5, 0.6) is 0 Å². The Morgan fingerprint density at radius 2 is 1.96 bits per heavy atom. The zero-order chi connectivity index (χ0) is 18.5. The molecule has 3 aromatic rings. The minimum Gasteiger partial charge on any atom is -0.337 e. The fourth-order valence-electron chi connectivity index (χ4n) is 2.61. The van der Waals surface area contributed by atoms with E-state index in [1.165, 1.54) is 0 Å². The van der Waals surface area contributed by atoms with E-state index in [1.807, 2.05) is 36.4 Å². The summed E-state index contributed by atoms with van der Waals surface area (Å²) in [4.78, 5) is 14.2. The molecule has 1 aromatic heterocycles. The lowest BCUT2D eigenvalue weighted by molar-refractivity contribution is 0.0785. The third kappa shape index (κ3) is 4.11. The first-order valence-electron chi connectivity index (χ1n) is 8.07. The van der Waals surface area contributed by atoms with E-state index in [1.54, 1.807) is 41.2 Å². The fourth-order valence-corrected chi connectivity index (χ4v) is 2.81. The molecule has 2 aromatic carbocycles. The Bertz CT molecular complexity index is 956. The summed E-state index contributed by atoms with van der Waals surface area (Å²) in [7, 11) is 1.74. The molecule has 1 amide bonds. The topological polar surface area (TPSA) is 61.9 Å². The number of rotatable bonds is 5. The molecule has 3 rings (SSSR count). The molecule has 6 heteroatoms. The maximum atomic E-state index is 12.6. The van der Waals surface area contributed by atoms with Crippen LogP contribution in [0.15, 0.2) is 60.9 Å². The van der Waals surface area contributed by atoms with Gasteiger partial charge in [-0.2, -0.15) is 10.4 Å². The van der Waals surface area contributed by atoms with Crippen molar-refractivity contribution in [2.24, 2.45) is 0 Å². The van der Waals surface area contributed by atoms with Gasteiger partial charge in [0, 0.05) is 24.8 Å². The minimum absolute atomic E-state index is 0.111. The maximum absolute atomic E-state index is 12.6. The molecule has 0 bridgehead atoms. The van der Waals surface area contributed by atoms with Crippen molar-refractivity contribution >= 4 is 17.5 Å². The molecule has 26 heavy (non-hydrogen) atoms. The molecular formula is C20H17ClN4O. The number of hydrogen-bond acceptors (Lipinski definition) is 3. The van der Waals surface area contributed by atoms with Gasteiger partial charge in [0.05, 0.1) is 29.9 Å². The van der Waals surface area contributed by atoms with Crippen molar-refractivity contribution in [1.82, 2.24) is 14.7 Å². The monoisotopic (exact) mass is 364 g/mol. The van der Waals surface area contributed by atoms with Crippen LogP contribution in [0.4, 0.5) is 0 Å². The molecule has 130 valence electrons. The van der Waals surface area contributed by atoms with Gasteiger partial charge in [0.15, 0.2) is 0 Å². The van der Waals surface area contributed by atoms with Crippen molar-refractivity contribution in [3.63, 3.8) is 0 Å². The van der Waals surface area contributed by atoms with Crippen LogP contribution in [-0.4, -0.2) is 27.6 Å². The van der Waals surface area contributed by atoms with Gasteiger partial charge in [0.25, 0.3) is 5.91 Å². The third-order valence-electron chi connectivity index (χ3n) is 4.02. The number of hydrogen-bond donors (Lipinski definition) is 0. The SMILES string of the molecule is CN(Cc1ccc(C#N)cc1)C(=O)c1cnn(Cc2ccccc2Cl)c1. The highest BCUT2D eigenvalue weighted by molar-refractivity contribution is 6.31. The van der Waals surface area contributed by atoms with Gasteiger partial charge in [0.1, 0.15) is 0 Å². The summed E-state index contributed by atoms with van der Waals surface area (Å²) in [5.41, 5.74) is 3.03. The molecule has 0 atom stereocenters. The first-order valence-corrected chi connectivity index (χ1v) is 8.45. The summed E-state index contributed by atoms with van der Waals surface area (Å²) in [5.74, 6) is -0.111. The van der Waals surface area contributed by atoms with Crippen molar-refractivity contribution in [2.75, 3.05) is 7.05 Å². The molecule has 0 N–H and O–H groups in total. The normalized spacial score (nSPS) is 10.3. The average molecular weight is 365 g/mol. The van der Waals surface area contributed by atoms with E-state index in [2.05, 4.69) is 11.2 Å². The second-order valence-corrected chi connectivity index (χ2v) is 6.40. The van der Waals surface area contributed by atoms with Crippen molar-refractivity contribution in [1.29, 1.82) is 5.26 Å². The van der Waals surface area contributed by atoms with Gasteiger partial charge in [-0.1, -0.05) is 41.9 Å². The maximum Gasteiger partial charge on any atom is 0.257 e. The number of carbonyl (C=O) groups is 1. The van der Waals surface area contributed by atoms with Gasteiger partial charge in [-0.05, 0) is 29.3 Å². The first-order chi connectivity index (χ1) is 12.6. The largest absolute Gasteiger partial charge is 0.337 e. The Morgan fingerprint density at radius 3 is 2.65 bits per heavy atom. The van der Waals surface area contributed by atoms with Crippen molar-refractivity contribution in [3.8, 4) is 6.07 Å². The van der Waals surface area contributed by atoms with E-state index in [0.717, 1.165) is 11.1 Å². The molecule has 0 aliphatic carbocycles. The lowest BCUT2D eigenvalue weighted by atomic mass is 10.1. The van der Waals surface area contributed by atoms with E-state index >= 15 is 0 Å². The second kappa shape index (κ2) is 7.85. The lowest BCUT2D eigenvalue weighted by Crippen LogP contribution is -2.25. The summed E-state index contributed by atoms with van der Waals surface area (Å²) in [5, 5.41) is 13.8. The predicted molar refractivity (Wildman–Crippen MR) is 99.7 cm³/mol. The van der Waals surface area contributed by atoms with Gasteiger partial charge >= 0.3 is 0 Å². The molecule has 0 unspecified atom stereocenters. The lowest BCUT2D eigenvalue weighted by Gasteiger charge is -2.16. The molecule has 0 aliphatic heterocycles. The second-order valence-electron chi connectivity index (χ2n) is 5.99. The van der Waals surface area contributed by atoms with Crippen LogP contribution >= 0.6 is 11.6 Å². The minimum atomic E-state index is -0.111. The Labute approximate surface area is 157 Å². The van der Waals surface area contributed by atoms with Gasteiger partial charge in [-0.3, -0.25) is 9.48 Å². The molecular weight excluding hydrogens is 348 g/mol. The fraction of sp³-hybridized carbons (Fsp3) is 0.150. The highest BCUT2D eigenvalue weighted by Crippen LogP contribution is 2.16. The van der Waals surface area contributed by atoms with E-state index < -0.39 is 0 Å². The number of benzene rings is 2. The number of carbonyl (C=O) groups excluding carboxylic acids is 1. The van der Waals surface area contributed by atoms with Gasteiger partial charge in [-0.15, -0.1) is 0 Å². The van der Waals surface area contributed by atoms with Crippen LogP contribution in [0.2, 0.25) is 5.02 Å². The summed E-state index contributed by atoms with van der Waals surface area (Å²) < 4.78 is 1.70. The molecule has 0 aliphatic rings. The van der Waals surface area contributed by atoms with Gasteiger partial charge in [-0.25, -0.2) is 0 Å². The third-order valence-corrected chi connectivity index (χ3v) is 4.39. The summed E-state index contributed by atoms with van der Waals surface area (Å²) in [6.07, 6.45) is 3.29. The number of halogens is 1. The molecule has 0 saturated carbocycles. The Kier molecular flexibility index (Phi) is 5.35. The van der Waals surface area contributed by atoms with Gasteiger partial charge < -0.3 is 4.90 Å². The van der Waals surface area contributed by atoms with Crippen LogP contribution in [0, 0.1) is 11.3 Å². The van der Waals surface area contributed by atoms with Crippen molar-refractivity contribution in [2.45, 2.75) is 13.1 Å². The van der Waals surface area contributed by atoms with Crippen LogP contribution < -0.4 is 0 Å². The highest BCUT2D eigenvalue weighted by Gasteiger charge is 2.14.